The molecule has 4 N–H and O–H groups in total. The maximum atomic E-state index is 13.2. The maximum Gasteiger partial charge on any atom is 0.455 e. The van der Waals surface area contributed by atoms with Crippen LogP contribution in [-0.2, 0) is 11.2 Å². The number of carbonyl (C=O) groups excluding carboxylic acids is 2. The molecule has 0 saturated heterocycles. The molecule has 1 heterocycles. The number of amides is 1. The molecule has 0 aliphatic carbocycles. The quantitative estimate of drug-likeness (QED) is 0.242. The molecular weight excluding hydrogens is 469 g/mol. The topological polar surface area (TPSA) is 133 Å². The first kappa shape index (κ1) is 28.2. The van der Waals surface area contributed by atoms with Crippen molar-refractivity contribution in [2.24, 2.45) is 5.92 Å². The first-order chi connectivity index (χ1) is 15.9. The summed E-state index contributed by atoms with van der Waals surface area (Å²) < 4.78 is 0. The molecule has 1 aromatic heterocycles. The predicted molar refractivity (Wildman–Crippen MR) is 137 cm³/mol. The molecule has 0 radical (unpaired) electrons. The van der Waals surface area contributed by atoms with Crippen molar-refractivity contribution in [1.29, 1.82) is 0 Å². The van der Waals surface area contributed by atoms with Gasteiger partial charge in [0.2, 0.25) is 0 Å². The third kappa shape index (κ3) is 10.1. The Morgan fingerprint density at radius 1 is 1.15 bits per heavy atom. The zero-order chi connectivity index (χ0) is 25.3. The molecule has 184 valence electrons. The van der Waals surface area contributed by atoms with Gasteiger partial charge in [0.05, 0.1) is 18.4 Å². The minimum Gasteiger partial charge on any atom is -0.431 e. The van der Waals surface area contributed by atoms with E-state index in [-0.39, 0.29) is 30.2 Å². The lowest BCUT2D eigenvalue weighted by atomic mass is 9.66. The van der Waals surface area contributed by atoms with Crippen molar-refractivity contribution in [3.63, 3.8) is 0 Å². The van der Waals surface area contributed by atoms with Crippen LogP contribution in [0.15, 0.2) is 47.8 Å². The summed E-state index contributed by atoms with van der Waals surface area (Å²) in [5, 5.41) is 23.3. The Morgan fingerprint density at radius 2 is 1.82 bits per heavy atom. The first-order valence-corrected chi connectivity index (χ1v) is 15.5. The summed E-state index contributed by atoms with van der Waals surface area (Å²) in [5.74, 6) is -1.24. The molecule has 0 saturated carbocycles. The molecule has 0 aliphatic rings. The Labute approximate surface area is 206 Å². The summed E-state index contributed by atoms with van der Waals surface area (Å²) in [4.78, 5) is 44.7. The molecule has 34 heavy (non-hydrogen) atoms. The van der Waals surface area contributed by atoms with E-state index in [1.807, 2.05) is 57.3 Å². The molecule has 0 fully saturated rings. The van der Waals surface area contributed by atoms with Gasteiger partial charge in [-0.15, -0.1) is 11.8 Å². The van der Waals surface area contributed by atoms with E-state index >= 15 is 0 Å². The van der Waals surface area contributed by atoms with Crippen LogP contribution < -0.4 is 5.32 Å². The van der Waals surface area contributed by atoms with Crippen molar-refractivity contribution < 1.29 is 24.4 Å². The molecule has 2 atom stereocenters. The Morgan fingerprint density at radius 3 is 2.41 bits per heavy atom. The third-order valence-corrected chi connectivity index (χ3v) is 8.95. The van der Waals surface area contributed by atoms with Gasteiger partial charge in [-0.3, -0.25) is 14.6 Å². The average Bonchev–Trinajstić information content (AvgIpc) is 2.76. The molecule has 8 nitrogen and oxygen atoms in total. The summed E-state index contributed by atoms with van der Waals surface area (Å²) in [6, 6.07) is 8.47. The van der Waals surface area contributed by atoms with Gasteiger partial charge in [0.1, 0.15) is 10.7 Å². The van der Waals surface area contributed by atoms with Gasteiger partial charge in [-0.25, -0.2) is 4.98 Å². The number of benzene rings is 1. The number of hydrogen-bond acceptors (Lipinski definition) is 8. The van der Waals surface area contributed by atoms with Gasteiger partial charge in [0.15, 0.2) is 14.1 Å². The maximum absolute atomic E-state index is 13.2. The molecule has 2 rings (SSSR count). The SMILES string of the molecule is CC(C)C[C@H](CC(=O)[C@H](Cc1ccccc1)NC(=O)c1cncc(SC[Si](C)(C)O)n1)B(O)O. The lowest BCUT2D eigenvalue weighted by molar-refractivity contribution is -0.121. The largest absolute Gasteiger partial charge is 0.455 e. The van der Waals surface area contributed by atoms with Gasteiger partial charge in [-0.05, 0) is 37.4 Å². The first-order valence-electron chi connectivity index (χ1n) is 11.4. The fourth-order valence-corrected chi connectivity index (χ4v) is 5.72. The van der Waals surface area contributed by atoms with E-state index in [2.05, 4.69) is 15.3 Å². The van der Waals surface area contributed by atoms with Crippen LogP contribution in [0.1, 0.15) is 42.7 Å². The normalized spacial score (nSPS) is 13.4. The van der Waals surface area contributed by atoms with Gasteiger partial charge in [-0.1, -0.05) is 44.2 Å². The second kappa shape index (κ2) is 13.2. The van der Waals surface area contributed by atoms with Crippen molar-refractivity contribution in [3.05, 3.63) is 54.0 Å². The van der Waals surface area contributed by atoms with E-state index in [4.69, 9.17) is 0 Å². The summed E-state index contributed by atoms with van der Waals surface area (Å²) >= 11 is 1.34. The number of carbonyl (C=O) groups is 2. The van der Waals surface area contributed by atoms with Crippen LogP contribution in [0.4, 0.5) is 0 Å². The Bertz CT molecular complexity index is 944. The molecule has 2 aromatic rings. The molecule has 1 aromatic carbocycles. The van der Waals surface area contributed by atoms with Crippen LogP contribution in [0.3, 0.4) is 0 Å². The van der Waals surface area contributed by atoms with Gasteiger partial charge < -0.3 is 20.2 Å². The number of hydrogen-bond donors (Lipinski definition) is 4. The summed E-state index contributed by atoms with van der Waals surface area (Å²) in [5.41, 5.74) is 0.950. The number of thioether (sulfide) groups is 1. The fourth-order valence-electron chi connectivity index (χ4n) is 3.42. The third-order valence-electron chi connectivity index (χ3n) is 5.05. The second-order valence-electron chi connectivity index (χ2n) is 9.53. The van der Waals surface area contributed by atoms with E-state index < -0.39 is 33.2 Å². The minimum atomic E-state index is -2.30. The van der Waals surface area contributed by atoms with Crippen molar-refractivity contribution in [1.82, 2.24) is 15.3 Å². The van der Waals surface area contributed by atoms with E-state index in [1.54, 1.807) is 0 Å². The molecule has 0 spiro atoms. The van der Waals surface area contributed by atoms with Crippen LogP contribution in [0.5, 0.6) is 0 Å². The number of ketones is 1. The smallest absolute Gasteiger partial charge is 0.431 e. The molecule has 0 aliphatic heterocycles. The van der Waals surface area contributed by atoms with E-state index in [0.717, 1.165) is 5.56 Å². The number of nitrogens with zero attached hydrogens (tertiary/aromatic N) is 2. The highest BCUT2D eigenvalue weighted by Gasteiger charge is 2.31. The zero-order valence-corrected chi connectivity index (χ0v) is 22.0. The van der Waals surface area contributed by atoms with Gasteiger partial charge in [-0.2, -0.15) is 0 Å². The van der Waals surface area contributed by atoms with Crippen LogP contribution in [0.25, 0.3) is 0 Å². The van der Waals surface area contributed by atoms with E-state index in [1.165, 1.54) is 24.2 Å². The van der Waals surface area contributed by atoms with Crippen molar-refractivity contribution in [2.75, 3.05) is 5.38 Å². The number of rotatable bonds is 13. The summed E-state index contributed by atoms with van der Waals surface area (Å²) in [7, 11) is -3.91. The highest BCUT2D eigenvalue weighted by Crippen LogP contribution is 2.24. The predicted octanol–water partition coefficient (Wildman–Crippen LogP) is 2.49. The Hall–Kier alpha value is -2.05. The van der Waals surface area contributed by atoms with E-state index in [9.17, 15) is 24.4 Å². The van der Waals surface area contributed by atoms with Crippen LogP contribution in [0, 0.1) is 5.92 Å². The number of nitrogens with one attached hydrogen (secondary N) is 1. The van der Waals surface area contributed by atoms with Gasteiger partial charge in [0.25, 0.3) is 5.91 Å². The second-order valence-corrected chi connectivity index (χ2v) is 15.0. The molecular formula is C23H34BN3O5SSi. The van der Waals surface area contributed by atoms with Crippen molar-refractivity contribution >= 4 is 38.9 Å². The molecule has 11 heteroatoms. The highest BCUT2D eigenvalue weighted by atomic mass is 32.2. The van der Waals surface area contributed by atoms with Crippen molar-refractivity contribution in [3.8, 4) is 0 Å². The van der Waals surface area contributed by atoms with Gasteiger partial charge >= 0.3 is 7.12 Å². The van der Waals surface area contributed by atoms with Crippen molar-refractivity contribution in [2.45, 2.75) is 63.1 Å². The summed E-state index contributed by atoms with van der Waals surface area (Å²) in [6.07, 6.45) is 3.56. The van der Waals surface area contributed by atoms with Crippen LogP contribution in [0.2, 0.25) is 18.9 Å². The molecule has 0 bridgehead atoms. The lowest BCUT2D eigenvalue weighted by Crippen LogP contribution is -2.43. The van der Waals surface area contributed by atoms with Crippen LogP contribution >= 0.6 is 11.8 Å². The molecule has 1 amide bonds. The Kier molecular flexibility index (Phi) is 10.9. The number of aromatic nitrogens is 2. The standard InChI is InChI=1S/C23H34BN3O5SSi/c1-16(2)10-18(24(30)31)12-21(28)19(11-17-8-6-5-7-9-17)27-23(29)20-13-25-14-22(26-20)33-15-34(3,4)32/h5-9,13-14,16,18-19,30-32H,10-12,15H2,1-4H3,(H,27,29)/t18-,19+/m1/s1. The monoisotopic (exact) mass is 503 g/mol. The summed E-state index contributed by atoms with van der Waals surface area (Å²) in [6.45, 7) is 7.54. The number of Topliss-reactive ketones (excluding diaryl/α,β-unsaturated/α-hetero) is 1. The fraction of sp³-hybridized carbons (Fsp3) is 0.478. The average molecular weight is 504 g/mol. The van der Waals surface area contributed by atoms with Crippen LogP contribution in [-0.4, -0.2) is 63.4 Å². The zero-order valence-electron chi connectivity index (χ0n) is 20.1. The van der Waals surface area contributed by atoms with E-state index in [0.29, 0.717) is 16.8 Å². The highest BCUT2D eigenvalue weighted by molar-refractivity contribution is 8.00. The minimum absolute atomic E-state index is 0.0641. The lowest BCUT2D eigenvalue weighted by Gasteiger charge is -2.22. The van der Waals surface area contributed by atoms with Gasteiger partial charge in [0, 0.05) is 17.6 Å². The molecule has 0 unspecified atom stereocenters. The Balaban J connectivity index is 2.19.